The van der Waals surface area contributed by atoms with Crippen LogP contribution >= 0.6 is 0 Å². The van der Waals surface area contributed by atoms with Crippen LogP contribution in [0.4, 0.5) is 0 Å². The second-order valence-electron chi connectivity index (χ2n) is 8.13. The first-order valence-electron chi connectivity index (χ1n) is 9.53. The molecule has 10 nitrogen and oxygen atoms in total. The second kappa shape index (κ2) is 7.57. The molecule has 164 valence electrons. The van der Waals surface area contributed by atoms with Crippen molar-refractivity contribution in [1.29, 1.82) is 0 Å². The molecule has 2 aliphatic heterocycles. The molecule has 7 atom stereocenters. The summed E-state index contributed by atoms with van der Waals surface area (Å²) in [6.45, 7) is 2.45. The van der Waals surface area contributed by atoms with Crippen LogP contribution in [0.3, 0.4) is 0 Å². The fourth-order valence-corrected chi connectivity index (χ4v) is 3.78. The highest BCUT2D eigenvalue weighted by atomic mass is 16.7. The molecule has 0 radical (unpaired) electrons. The lowest BCUT2D eigenvalue weighted by molar-refractivity contribution is -0.319. The number of benzene rings is 1. The van der Waals surface area contributed by atoms with Crippen LogP contribution in [0.5, 0.6) is 5.75 Å². The van der Waals surface area contributed by atoms with Crippen LogP contribution in [0.15, 0.2) is 33.5 Å². The number of hydrogen-bond donors (Lipinski definition) is 5. The molecular weight excluding hydrogens is 400 g/mol. The Morgan fingerprint density at radius 2 is 1.83 bits per heavy atom. The Morgan fingerprint density at radius 3 is 2.50 bits per heavy atom. The lowest BCUT2D eigenvalue weighted by Crippen LogP contribution is -2.59. The van der Waals surface area contributed by atoms with E-state index in [0.717, 1.165) is 0 Å². The van der Waals surface area contributed by atoms with Gasteiger partial charge in [0.2, 0.25) is 0 Å². The lowest BCUT2D eigenvalue weighted by Gasteiger charge is -2.41. The van der Waals surface area contributed by atoms with Gasteiger partial charge in [-0.1, -0.05) is 0 Å². The Morgan fingerprint density at radius 1 is 1.10 bits per heavy atom. The Kier molecular flexibility index (Phi) is 5.35. The van der Waals surface area contributed by atoms with Crippen molar-refractivity contribution in [3.8, 4) is 5.75 Å². The zero-order valence-electron chi connectivity index (χ0n) is 16.3. The van der Waals surface area contributed by atoms with E-state index in [1.807, 2.05) is 0 Å². The van der Waals surface area contributed by atoms with Crippen molar-refractivity contribution in [2.75, 3.05) is 6.61 Å². The molecule has 0 bridgehead atoms. The molecule has 1 saturated heterocycles. The second-order valence-corrected chi connectivity index (χ2v) is 8.13. The first kappa shape index (κ1) is 21.2. The standard InChI is InChI=1S/C20H24O10/c1-20(2,26)18-17(30-19-16(25)15(24)14(23)12(7-21)29-19)9-5-8-3-4-13(22)27-10(8)6-11(9)28-18/h3-6,12,14-19,21,23-26H,7H2,1-2H3/t12-,14-,15+,16-,17-,18-,19-/m1/s1. The normalized spacial score (nSPS) is 34.0. The molecule has 30 heavy (non-hydrogen) atoms. The van der Waals surface area contributed by atoms with Gasteiger partial charge < -0.3 is 44.2 Å². The molecule has 1 fully saturated rings. The third kappa shape index (κ3) is 3.60. The predicted molar refractivity (Wildman–Crippen MR) is 101 cm³/mol. The van der Waals surface area contributed by atoms with E-state index in [9.17, 15) is 30.3 Å². The van der Waals surface area contributed by atoms with Gasteiger partial charge in [0.05, 0.1) is 12.2 Å². The van der Waals surface area contributed by atoms with E-state index in [4.69, 9.17) is 18.6 Å². The molecular formula is C20H24O10. The van der Waals surface area contributed by atoms with E-state index in [1.165, 1.54) is 26.0 Å². The molecule has 0 amide bonds. The van der Waals surface area contributed by atoms with Gasteiger partial charge in [-0.15, -0.1) is 0 Å². The van der Waals surface area contributed by atoms with Crippen molar-refractivity contribution in [2.45, 2.75) is 62.4 Å². The third-order valence-electron chi connectivity index (χ3n) is 5.41. The van der Waals surface area contributed by atoms with E-state index in [1.54, 1.807) is 12.1 Å². The molecule has 1 aromatic heterocycles. The lowest BCUT2D eigenvalue weighted by atomic mass is 9.93. The largest absolute Gasteiger partial charge is 0.484 e. The van der Waals surface area contributed by atoms with Gasteiger partial charge in [0.1, 0.15) is 41.9 Å². The van der Waals surface area contributed by atoms with Crippen LogP contribution in [-0.4, -0.2) is 74.6 Å². The quantitative estimate of drug-likeness (QED) is 0.393. The molecule has 0 spiro atoms. The Balaban J connectivity index is 1.72. The molecule has 1 aromatic carbocycles. The molecule has 0 saturated carbocycles. The first-order valence-corrected chi connectivity index (χ1v) is 9.53. The van der Waals surface area contributed by atoms with Gasteiger partial charge in [0, 0.05) is 23.1 Å². The summed E-state index contributed by atoms with van der Waals surface area (Å²) in [6.07, 6.45) is -9.13. The minimum Gasteiger partial charge on any atom is -0.484 e. The van der Waals surface area contributed by atoms with Crippen LogP contribution in [0.25, 0.3) is 11.0 Å². The number of hydrogen-bond acceptors (Lipinski definition) is 10. The average Bonchev–Trinajstić information content (AvgIpc) is 3.04. The van der Waals surface area contributed by atoms with E-state index in [-0.39, 0.29) is 0 Å². The van der Waals surface area contributed by atoms with Crippen molar-refractivity contribution in [1.82, 2.24) is 0 Å². The van der Waals surface area contributed by atoms with Crippen LogP contribution in [0.2, 0.25) is 0 Å². The van der Waals surface area contributed by atoms with Crippen LogP contribution in [-0.2, 0) is 9.47 Å². The molecule has 5 N–H and O–H groups in total. The van der Waals surface area contributed by atoms with E-state index in [2.05, 4.69) is 0 Å². The van der Waals surface area contributed by atoms with Crippen LogP contribution in [0, 0.1) is 0 Å². The number of rotatable bonds is 4. The summed E-state index contributed by atoms with van der Waals surface area (Å²) in [6, 6.07) is 6.03. The van der Waals surface area contributed by atoms with Gasteiger partial charge in [-0.3, -0.25) is 0 Å². The summed E-state index contributed by atoms with van der Waals surface area (Å²) >= 11 is 0. The van der Waals surface area contributed by atoms with Crippen molar-refractivity contribution >= 4 is 11.0 Å². The Labute approximate surface area is 170 Å². The molecule has 0 unspecified atom stereocenters. The van der Waals surface area contributed by atoms with Crippen molar-refractivity contribution in [3.63, 3.8) is 0 Å². The molecule has 3 heterocycles. The molecule has 0 aliphatic carbocycles. The maximum Gasteiger partial charge on any atom is 0.336 e. The summed E-state index contributed by atoms with van der Waals surface area (Å²) in [4.78, 5) is 11.5. The topological polar surface area (TPSA) is 159 Å². The average molecular weight is 424 g/mol. The minimum atomic E-state index is -1.60. The maximum absolute atomic E-state index is 11.5. The van der Waals surface area contributed by atoms with E-state index in [0.29, 0.717) is 22.3 Å². The van der Waals surface area contributed by atoms with Gasteiger partial charge in [-0.25, -0.2) is 4.79 Å². The summed E-state index contributed by atoms with van der Waals surface area (Å²) in [5.74, 6) is 0.318. The highest BCUT2D eigenvalue weighted by Gasteiger charge is 2.50. The van der Waals surface area contributed by atoms with Gasteiger partial charge in [0.15, 0.2) is 12.4 Å². The van der Waals surface area contributed by atoms with Crippen molar-refractivity contribution < 1.29 is 44.2 Å². The first-order chi connectivity index (χ1) is 14.1. The number of aliphatic hydroxyl groups excluding tert-OH is 4. The molecule has 2 aromatic rings. The molecule has 2 aliphatic rings. The smallest absolute Gasteiger partial charge is 0.336 e. The summed E-state index contributed by atoms with van der Waals surface area (Å²) < 4.78 is 22.4. The molecule has 10 heteroatoms. The van der Waals surface area contributed by atoms with Gasteiger partial charge in [0.25, 0.3) is 0 Å². The number of aliphatic hydroxyl groups is 5. The van der Waals surface area contributed by atoms with E-state index < -0.39 is 60.7 Å². The van der Waals surface area contributed by atoms with Crippen LogP contribution < -0.4 is 10.4 Å². The number of fused-ring (bicyclic) bond motifs is 2. The zero-order valence-corrected chi connectivity index (χ0v) is 16.3. The Bertz CT molecular complexity index is 978. The van der Waals surface area contributed by atoms with Crippen LogP contribution in [0.1, 0.15) is 25.5 Å². The highest BCUT2D eigenvalue weighted by Crippen LogP contribution is 2.45. The van der Waals surface area contributed by atoms with E-state index >= 15 is 0 Å². The fraction of sp³-hybridized carbons (Fsp3) is 0.550. The summed E-state index contributed by atoms with van der Waals surface area (Å²) in [5.41, 5.74) is -1.09. The summed E-state index contributed by atoms with van der Waals surface area (Å²) in [5, 5.41) is 50.9. The van der Waals surface area contributed by atoms with Gasteiger partial charge in [-0.2, -0.15) is 0 Å². The summed E-state index contributed by atoms with van der Waals surface area (Å²) in [7, 11) is 0. The Hall–Kier alpha value is -2.05. The predicted octanol–water partition coefficient (Wildman–Crippen LogP) is -0.818. The molecule has 4 rings (SSSR count). The third-order valence-corrected chi connectivity index (χ3v) is 5.41. The maximum atomic E-state index is 11.5. The number of ether oxygens (including phenoxy) is 3. The van der Waals surface area contributed by atoms with Crippen molar-refractivity contribution in [3.05, 3.63) is 40.2 Å². The van der Waals surface area contributed by atoms with Gasteiger partial charge in [-0.05, 0) is 26.0 Å². The zero-order chi connectivity index (χ0) is 21.8. The fourth-order valence-electron chi connectivity index (χ4n) is 3.78. The SMILES string of the molecule is CC(C)(O)[C@@H]1Oc2cc3oc(=O)ccc3cc2[C@H]1O[C@H]1O[C@H](CO)[C@@H](O)[C@H](O)[C@H]1O. The monoisotopic (exact) mass is 424 g/mol. The van der Waals surface area contributed by atoms with Gasteiger partial charge >= 0.3 is 5.63 Å². The minimum absolute atomic E-state index is 0.296. The highest BCUT2D eigenvalue weighted by molar-refractivity contribution is 5.80. The van der Waals surface area contributed by atoms with Crippen molar-refractivity contribution in [2.24, 2.45) is 0 Å².